The first-order chi connectivity index (χ1) is 21.8. The molecule has 4 rings (SSSR count). The zero-order chi connectivity index (χ0) is 30.7. The first-order valence-electron chi connectivity index (χ1n) is 17.5. The average molecular weight is 597 g/mol. The van der Waals surface area contributed by atoms with E-state index < -0.39 is 0 Å². The van der Waals surface area contributed by atoms with Crippen LogP contribution in [0.4, 0.5) is 0 Å². The molecule has 238 valence electrons. The van der Waals surface area contributed by atoms with Crippen LogP contribution < -0.4 is 20.1 Å². The topological polar surface area (TPSA) is 42.5 Å². The van der Waals surface area contributed by atoms with Crippen molar-refractivity contribution in [1.29, 1.82) is 0 Å². The molecule has 44 heavy (non-hydrogen) atoms. The van der Waals surface area contributed by atoms with Crippen molar-refractivity contribution in [2.45, 2.75) is 104 Å². The van der Waals surface area contributed by atoms with Crippen molar-refractivity contribution in [1.82, 2.24) is 10.6 Å². The van der Waals surface area contributed by atoms with Crippen molar-refractivity contribution in [2.24, 2.45) is 0 Å². The van der Waals surface area contributed by atoms with Crippen LogP contribution in [-0.2, 0) is 13.1 Å². The molecule has 0 heterocycles. The van der Waals surface area contributed by atoms with Crippen molar-refractivity contribution in [3.05, 3.63) is 83.9 Å². The number of hydrogen-bond donors (Lipinski definition) is 2. The Bertz CT molecular complexity index is 1260. The zero-order valence-corrected chi connectivity index (χ0v) is 27.5. The summed E-state index contributed by atoms with van der Waals surface area (Å²) < 4.78 is 12.5. The van der Waals surface area contributed by atoms with Crippen molar-refractivity contribution in [3.8, 4) is 11.5 Å². The molecule has 4 heteroatoms. The molecule has 2 N–H and O–H groups in total. The van der Waals surface area contributed by atoms with Gasteiger partial charge in [0.25, 0.3) is 0 Å². The molecule has 0 saturated carbocycles. The third-order valence-electron chi connectivity index (χ3n) is 8.57. The molecule has 0 spiro atoms. The van der Waals surface area contributed by atoms with E-state index in [1.807, 2.05) is 0 Å². The maximum Gasteiger partial charge on any atom is 0.124 e. The second-order valence-electron chi connectivity index (χ2n) is 12.1. The van der Waals surface area contributed by atoms with Crippen LogP contribution >= 0.6 is 0 Å². The first kappa shape index (κ1) is 33.8. The van der Waals surface area contributed by atoms with Crippen LogP contribution in [-0.4, -0.2) is 26.3 Å². The molecule has 0 aliphatic carbocycles. The Labute approximate surface area is 266 Å². The van der Waals surface area contributed by atoms with E-state index in [1.165, 1.54) is 96.9 Å². The van der Waals surface area contributed by atoms with Gasteiger partial charge in [0.15, 0.2) is 0 Å². The lowest BCUT2D eigenvalue weighted by molar-refractivity contribution is 0.301. The molecule has 4 nitrogen and oxygen atoms in total. The molecule has 0 saturated heterocycles. The highest BCUT2D eigenvalue weighted by molar-refractivity contribution is 5.88. The fourth-order valence-corrected chi connectivity index (χ4v) is 5.97. The number of rotatable bonds is 23. The molecule has 0 amide bonds. The van der Waals surface area contributed by atoms with Crippen LogP contribution in [0, 0.1) is 0 Å². The second-order valence-corrected chi connectivity index (χ2v) is 12.1. The normalized spacial score (nSPS) is 11.4. The van der Waals surface area contributed by atoms with Gasteiger partial charge in [-0.05, 0) is 72.5 Å². The monoisotopic (exact) mass is 596 g/mol. The Morgan fingerprint density at radius 2 is 0.886 bits per heavy atom. The van der Waals surface area contributed by atoms with E-state index in [0.29, 0.717) is 0 Å². The van der Waals surface area contributed by atoms with Gasteiger partial charge in [0.1, 0.15) is 11.5 Å². The summed E-state index contributed by atoms with van der Waals surface area (Å²) in [4.78, 5) is 0. The minimum atomic E-state index is 0.799. The number of fused-ring (bicyclic) bond motifs is 2. The van der Waals surface area contributed by atoms with E-state index in [1.54, 1.807) is 0 Å². The lowest BCUT2D eigenvalue weighted by atomic mass is 10.0. The molecular weight excluding hydrogens is 540 g/mol. The van der Waals surface area contributed by atoms with Gasteiger partial charge in [-0.15, -0.1) is 0 Å². The molecule has 0 radical (unpaired) electrons. The van der Waals surface area contributed by atoms with Gasteiger partial charge >= 0.3 is 0 Å². The van der Waals surface area contributed by atoms with E-state index >= 15 is 0 Å². The molecule has 4 aromatic carbocycles. The fraction of sp³-hybridized carbons (Fsp3) is 0.500. The Kier molecular flexibility index (Phi) is 15.4. The summed E-state index contributed by atoms with van der Waals surface area (Å²) in [5, 5.41) is 12.6. The molecule has 0 fully saturated rings. The largest absolute Gasteiger partial charge is 0.493 e. The van der Waals surface area contributed by atoms with Crippen LogP contribution in [0.2, 0.25) is 0 Å². The molecule has 4 aromatic rings. The Morgan fingerprint density at radius 1 is 0.455 bits per heavy atom. The Balaban J connectivity index is 1.16. The average Bonchev–Trinajstić information content (AvgIpc) is 3.06. The van der Waals surface area contributed by atoms with Crippen LogP contribution in [0.5, 0.6) is 11.5 Å². The van der Waals surface area contributed by atoms with Crippen LogP contribution in [0.1, 0.15) is 102 Å². The van der Waals surface area contributed by atoms with Crippen molar-refractivity contribution < 1.29 is 9.47 Å². The van der Waals surface area contributed by atoms with Gasteiger partial charge in [-0.3, -0.25) is 0 Å². The summed E-state index contributed by atoms with van der Waals surface area (Å²) in [6.45, 7) is 9.85. The molecule has 0 aromatic heterocycles. The third-order valence-corrected chi connectivity index (χ3v) is 8.57. The van der Waals surface area contributed by atoms with Gasteiger partial charge in [-0.1, -0.05) is 126 Å². The molecule has 0 aliphatic rings. The Hall–Kier alpha value is -3.08. The van der Waals surface area contributed by atoms with Gasteiger partial charge in [-0.25, -0.2) is 0 Å². The number of unbranched alkanes of at least 4 members (excludes halogenated alkanes) is 9. The molecule has 0 bridgehead atoms. The van der Waals surface area contributed by atoms with Gasteiger partial charge in [-0.2, -0.15) is 0 Å². The second kappa shape index (κ2) is 20.0. The van der Waals surface area contributed by atoms with Gasteiger partial charge in [0.2, 0.25) is 0 Å². The minimum absolute atomic E-state index is 0.799. The van der Waals surface area contributed by atoms with Gasteiger partial charge in [0.05, 0.1) is 13.2 Å². The van der Waals surface area contributed by atoms with Gasteiger partial charge < -0.3 is 20.1 Å². The summed E-state index contributed by atoms with van der Waals surface area (Å²) in [5.74, 6) is 2.07. The van der Waals surface area contributed by atoms with Crippen LogP contribution in [0.15, 0.2) is 72.8 Å². The van der Waals surface area contributed by atoms with Crippen molar-refractivity contribution in [2.75, 3.05) is 26.3 Å². The predicted octanol–water partition coefficient (Wildman–Crippen LogP) is 10.4. The van der Waals surface area contributed by atoms with Gasteiger partial charge in [0, 0.05) is 24.2 Å². The smallest absolute Gasteiger partial charge is 0.124 e. The van der Waals surface area contributed by atoms with E-state index in [-0.39, 0.29) is 0 Å². The zero-order valence-electron chi connectivity index (χ0n) is 27.5. The highest BCUT2D eigenvalue weighted by Crippen LogP contribution is 2.29. The lowest BCUT2D eigenvalue weighted by Crippen LogP contribution is -2.17. The highest BCUT2D eigenvalue weighted by Gasteiger charge is 2.10. The maximum absolute atomic E-state index is 6.27. The highest BCUT2D eigenvalue weighted by atomic mass is 16.5. The number of benzene rings is 4. The van der Waals surface area contributed by atoms with Crippen LogP contribution in [0.25, 0.3) is 21.5 Å². The third kappa shape index (κ3) is 10.8. The summed E-state index contributed by atoms with van der Waals surface area (Å²) in [7, 11) is 0. The molecular formula is C40H56N2O2. The summed E-state index contributed by atoms with van der Waals surface area (Å²) in [5.41, 5.74) is 2.58. The number of nitrogens with one attached hydrogen (secondary N) is 2. The molecule has 0 atom stereocenters. The minimum Gasteiger partial charge on any atom is -0.493 e. The molecule has 0 aliphatic heterocycles. The lowest BCUT2D eigenvalue weighted by Gasteiger charge is -2.15. The van der Waals surface area contributed by atoms with Crippen molar-refractivity contribution >= 4 is 21.5 Å². The number of hydrogen-bond acceptors (Lipinski definition) is 4. The summed E-state index contributed by atoms with van der Waals surface area (Å²) in [6, 6.07) is 26.0. The fourth-order valence-electron chi connectivity index (χ4n) is 5.97. The van der Waals surface area contributed by atoms with Crippen LogP contribution in [0.3, 0.4) is 0 Å². The summed E-state index contributed by atoms with van der Waals surface area (Å²) >= 11 is 0. The number of ether oxygens (including phenoxy) is 2. The molecule has 0 unspecified atom stereocenters. The van der Waals surface area contributed by atoms with E-state index in [9.17, 15) is 0 Å². The standard InChI is InChI=1S/C40H56N2O2/c1-3-5-7-17-29-43-39-25-23-33-19-11-13-21-35(33)37(39)31-41-27-15-9-10-16-28-42-32-38-36-22-14-12-20-34(36)24-26-40(38)44-30-18-8-6-4-2/h11-14,19-26,41-42H,3-10,15-18,27-32H2,1-2H3. The summed E-state index contributed by atoms with van der Waals surface area (Å²) in [6.07, 6.45) is 14.7. The Morgan fingerprint density at radius 3 is 1.34 bits per heavy atom. The maximum atomic E-state index is 6.27. The SMILES string of the molecule is CCCCCCOc1ccc2ccccc2c1CNCCCCCCNCc1c(OCCCCCC)ccc2ccccc12. The predicted molar refractivity (Wildman–Crippen MR) is 189 cm³/mol. The van der Waals surface area contributed by atoms with E-state index in [2.05, 4.69) is 97.3 Å². The van der Waals surface area contributed by atoms with Crippen molar-refractivity contribution in [3.63, 3.8) is 0 Å². The van der Waals surface area contributed by atoms with E-state index in [4.69, 9.17) is 9.47 Å². The first-order valence-corrected chi connectivity index (χ1v) is 17.5. The van der Waals surface area contributed by atoms with E-state index in [0.717, 1.165) is 63.7 Å². The quantitative estimate of drug-likeness (QED) is 0.0836.